The van der Waals surface area contributed by atoms with E-state index in [4.69, 9.17) is 4.74 Å². The lowest BCUT2D eigenvalue weighted by molar-refractivity contribution is 0.00775. The SMILES string of the molecule is CCC(C)S(=O)(=O)NCC(C(C)C)N1CCOCC1. The quantitative estimate of drug-likeness (QED) is 0.762. The Kier molecular flexibility index (Phi) is 6.73. The van der Waals surface area contributed by atoms with Crippen LogP contribution in [0.2, 0.25) is 0 Å². The third-order valence-electron chi connectivity index (χ3n) is 3.88. The van der Waals surface area contributed by atoms with E-state index in [9.17, 15) is 8.42 Å². The highest BCUT2D eigenvalue weighted by molar-refractivity contribution is 7.90. The largest absolute Gasteiger partial charge is 0.379 e. The Balaban J connectivity index is 2.59. The fourth-order valence-electron chi connectivity index (χ4n) is 2.26. The highest BCUT2D eigenvalue weighted by Crippen LogP contribution is 2.13. The molecule has 1 aliphatic rings. The van der Waals surface area contributed by atoms with Gasteiger partial charge in [-0.3, -0.25) is 4.90 Å². The van der Waals surface area contributed by atoms with E-state index in [1.807, 2.05) is 6.92 Å². The van der Waals surface area contributed by atoms with Crippen molar-refractivity contribution < 1.29 is 13.2 Å². The molecule has 5 nitrogen and oxygen atoms in total. The second-order valence-electron chi connectivity index (χ2n) is 5.57. The van der Waals surface area contributed by atoms with Crippen molar-refractivity contribution in [1.29, 1.82) is 0 Å². The summed E-state index contributed by atoms with van der Waals surface area (Å²) in [6, 6.07) is 0.239. The first-order chi connectivity index (χ1) is 8.88. The summed E-state index contributed by atoms with van der Waals surface area (Å²) in [7, 11) is -3.19. The maximum absolute atomic E-state index is 12.0. The van der Waals surface area contributed by atoms with Crippen LogP contribution in [0, 0.1) is 5.92 Å². The summed E-state index contributed by atoms with van der Waals surface area (Å²) in [6.07, 6.45) is 0.638. The Morgan fingerprint density at radius 1 is 1.21 bits per heavy atom. The Morgan fingerprint density at radius 2 is 1.79 bits per heavy atom. The highest BCUT2D eigenvalue weighted by Gasteiger charge is 2.26. The normalized spacial score (nSPS) is 21.5. The van der Waals surface area contributed by atoms with Crippen molar-refractivity contribution in [3.8, 4) is 0 Å². The van der Waals surface area contributed by atoms with E-state index in [1.54, 1.807) is 6.92 Å². The van der Waals surface area contributed by atoms with Crippen molar-refractivity contribution in [3.63, 3.8) is 0 Å². The first kappa shape index (κ1) is 16.9. The number of nitrogens with one attached hydrogen (secondary N) is 1. The third-order valence-corrected chi connectivity index (χ3v) is 5.84. The third kappa shape index (κ3) is 5.02. The lowest BCUT2D eigenvalue weighted by Gasteiger charge is -2.37. The van der Waals surface area contributed by atoms with Crippen LogP contribution in [0.25, 0.3) is 0 Å². The number of hydrogen-bond donors (Lipinski definition) is 1. The fourth-order valence-corrected chi connectivity index (χ4v) is 3.39. The molecule has 0 amide bonds. The van der Waals surface area contributed by atoms with Gasteiger partial charge in [0.2, 0.25) is 10.0 Å². The lowest BCUT2D eigenvalue weighted by atomic mass is 10.0. The van der Waals surface area contributed by atoms with Crippen LogP contribution in [-0.4, -0.2) is 57.5 Å². The molecule has 1 heterocycles. The van der Waals surface area contributed by atoms with Crippen LogP contribution >= 0.6 is 0 Å². The van der Waals surface area contributed by atoms with E-state index in [1.165, 1.54) is 0 Å². The molecule has 1 N–H and O–H groups in total. The predicted octanol–water partition coefficient (Wildman–Crippen LogP) is 1.06. The smallest absolute Gasteiger partial charge is 0.214 e. The highest BCUT2D eigenvalue weighted by atomic mass is 32.2. The van der Waals surface area contributed by atoms with Gasteiger partial charge in [0.25, 0.3) is 0 Å². The van der Waals surface area contributed by atoms with Gasteiger partial charge in [-0.2, -0.15) is 0 Å². The van der Waals surface area contributed by atoms with Crippen LogP contribution in [0.3, 0.4) is 0 Å². The van der Waals surface area contributed by atoms with Gasteiger partial charge in [0.05, 0.1) is 18.5 Å². The molecule has 0 spiro atoms. The zero-order valence-electron chi connectivity index (χ0n) is 12.6. The number of morpholine rings is 1. The number of hydrogen-bond acceptors (Lipinski definition) is 4. The summed E-state index contributed by atoms with van der Waals surface area (Å²) >= 11 is 0. The molecule has 0 aromatic heterocycles. The molecule has 1 rings (SSSR count). The van der Waals surface area contributed by atoms with Crippen LogP contribution in [0.4, 0.5) is 0 Å². The van der Waals surface area contributed by atoms with E-state index in [2.05, 4.69) is 23.5 Å². The molecule has 1 fully saturated rings. The summed E-state index contributed by atoms with van der Waals surface area (Å²) < 4.78 is 32.2. The Labute approximate surface area is 117 Å². The Bertz CT molecular complexity index is 351. The molecule has 2 unspecified atom stereocenters. The number of rotatable bonds is 7. The molecule has 0 aliphatic carbocycles. The van der Waals surface area contributed by atoms with Gasteiger partial charge < -0.3 is 4.74 Å². The minimum Gasteiger partial charge on any atom is -0.379 e. The van der Waals surface area contributed by atoms with Gasteiger partial charge in [-0.05, 0) is 19.3 Å². The monoisotopic (exact) mass is 292 g/mol. The van der Waals surface area contributed by atoms with Gasteiger partial charge in [-0.25, -0.2) is 13.1 Å². The minimum atomic E-state index is -3.19. The van der Waals surface area contributed by atoms with Crippen molar-refractivity contribution in [2.24, 2.45) is 5.92 Å². The second-order valence-corrected chi connectivity index (χ2v) is 7.76. The first-order valence-electron chi connectivity index (χ1n) is 7.18. The van der Waals surface area contributed by atoms with Crippen LogP contribution in [0.5, 0.6) is 0 Å². The number of nitrogens with zero attached hydrogens (tertiary/aromatic N) is 1. The summed E-state index contributed by atoms with van der Waals surface area (Å²) in [5.74, 6) is 0.415. The first-order valence-corrected chi connectivity index (χ1v) is 8.73. The van der Waals surface area contributed by atoms with E-state index in [0.717, 1.165) is 26.3 Å². The molecular weight excluding hydrogens is 264 g/mol. The van der Waals surface area contributed by atoms with Gasteiger partial charge in [0.15, 0.2) is 0 Å². The summed E-state index contributed by atoms with van der Waals surface area (Å²) in [5, 5.41) is -0.329. The minimum absolute atomic E-state index is 0.239. The van der Waals surface area contributed by atoms with Crippen molar-refractivity contribution in [1.82, 2.24) is 9.62 Å². The molecule has 0 radical (unpaired) electrons. The zero-order valence-corrected chi connectivity index (χ0v) is 13.4. The topological polar surface area (TPSA) is 58.6 Å². The fraction of sp³-hybridized carbons (Fsp3) is 1.00. The molecule has 1 saturated heterocycles. The van der Waals surface area contributed by atoms with Crippen molar-refractivity contribution >= 4 is 10.0 Å². The Hall–Kier alpha value is -0.170. The molecule has 19 heavy (non-hydrogen) atoms. The van der Waals surface area contributed by atoms with Crippen LogP contribution in [-0.2, 0) is 14.8 Å². The molecular formula is C13H28N2O3S. The molecule has 0 aromatic carbocycles. The van der Waals surface area contributed by atoms with Gasteiger partial charge in [0.1, 0.15) is 0 Å². The van der Waals surface area contributed by atoms with Crippen LogP contribution in [0.1, 0.15) is 34.1 Å². The number of sulfonamides is 1. The molecule has 1 aliphatic heterocycles. The average molecular weight is 292 g/mol. The van der Waals surface area contributed by atoms with Crippen molar-refractivity contribution in [3.05, 3.63) is 0 Å². The zero-order chi connectivity index (χ0) is 14.5. The summed E-state index contributed by atoms with van der Waals surface area (Å²) in [4.78, 5) is 2.33. The van der Waals surface area contributed by atoms with Gasteiger partial charge in [0, 0.05) is 25.7 Å². The van der Waals surface area contributed by atoms with E-state index in [0.29, 0.717) is 18.9 Å². The van der Waals surface area contributed by atoms with Gasteiger partial charge in [-0.15, -0.1) is 0 Å². The summed E-state index contributed by atoms with van der Waals surface area (Å²) in [6.45, 7) is 11.7. The summed E-state index contributed by atoms with van der Waals surface area (Å²) in [5.41, 5.74) is 0. The van der Waals surface area contributed by atoms with E-state index >= 15 is 0 Å². The van der Waals surface area contributed by atoms with Crippen LogP contribution < -0.4 is 4.72 Å². The van der Waals surface area contributed by atoms with E-state index in [-0.39, 0.29) is 11.3 Å². The average Bonchev–Trinajstić information content (AvgIpc) is 2.38. The van der Waals surface area contributed by atoms with Gasteiger partial charge in [-0.1, -0.05) is 20.8 Å². The van der Waals surface area contributed by atoms with Crippen molar-refractivity contribution in [2.75, 3.05) is 32.8 Å². The van der Waals surface area contributed by atoms with Crippen molar-refractivity contribution in [2.45, 2.75) is 45.4 Å². The van der Waals surface area contributed by atoms with E-state index < -0.39 is 10.0 Å². The maximum Gasteiger partial charge on any atom is 0.214 e. The molecule has 6 heteroatoms. The van der Waals surface area contributed by atoms with Gasteiger partial charge >= 0.3 is 0 Å². The maximum atomic E-state index is 12.0. The number of ether oxygens (including phenoxy) is 1. The molecule has 114 valence electrons. The molecule has 0 saturated carbocycles. The molecule has 0 bridgehead atoms. The second kappa shape index (κ2) is 7.57. The lowest BCUT2D eigenvalue weighted by Crippen LogP contribution is -2.51. The Morgan fingerprint density at radius 3 is 2.26 bits per heavy atom. The predicted molar refractivity (Wildman–Crippen MR) is 77.7 cm³/mol. The molecule has 0 aromatic rings. The molecule has 2 atom stereocenters. The standard InChI is InChI=1S/C13H28N2O3S/c1-5-12(4)19(16,17)14-10-13(11(2)3)15-6-8-18-9-7-15/h11-14H,5-10H2,1-4H3. The van der Waals surface area contributed by atoms with Crippen LogP contribution in [0.15, 0.2) is 0 Å².